The van der Waals surface area contributed by atoms with Crippen molar-refractivity contribution < 1.29 is 14.7 Å². The highest BCUT2D eigenvalue weighted by Gasteiger charge is 2.30. The van der Waals surface area contributed by atoms with Crippen LogP contribution in [-0.4, -0.2) is 16.9 Å². The van der Waals surface area contributed by atoms with E-state index in [1.54, 1.807) is 18.2 Å². The molecular formula is C10H6ClNO3. The third-order valence-corrected chi connectivity index (χ3v) is 2.25. The molecule has 15 heavy (non-hydrogen) atoms. The van der Waals surface area contributed by atoms with E-state index in [4.69, 9.17) is 11.6 Å². The molecule has 0 atom stereocenters. The van der Waals surface area contributed by atoms with E-state index in [2.05, 4.69) is 0 Å². The van der Waals surface area contributed by atoms with Crippen LogP contribution in [0, 0.1) is 0 Å². The van der Waals surface area contributed by atoms with Crippen molar-refractivity contribution in [3.8, 4) is 0 Å². The maximum absolute atomic E-state index is 11.3. The van der Waals surface area contributed by atoms with Crippen LogP contribution in [-0.2, 0) is 9.59 Å². The lowest BCUT2D eigenvalue weighted by Crippen LogP contribution is -2.22. The van der Waals surface area contributed by atoms with Crippen molar-refractivity contribution in [2.24, 2.45) is 0 Å². The predicted octanol–water partition coefficient (Wildman–Crippen LogP) is 1.27. The van der Waals surface area contributed by atoms with E-state index in [0.29, 0.717) is 10.6 Å². The van der Waals surface area contributed by atoms with Crippen LogP contribution in [0.5, 0.6) is 0 Å². The summed E-state index contributed by atoms with van der Waals surface area (Å²) in [5.41, 5.74) is 0.380. The molecule has 1 aliphatic rings. The molecule has 1 heterocycles. The molecule has 2 N–H and O–H groups in total. The Morgan fingerprint density at radius 3 is 2.47 bits per heavy atom. The van der Waals surface area contributed by atoms with Gasteiger partial charge in [0.2, 0.25) is 0 Å². The van der Waals surface area contributed by atoms with Gasteiger partial charge in [-0.1, -0.05) is 23.7 Å². The van der Waals surface area contributed by atoms with Crippen molar-refractivity contribution in [3.05, 3.63) is 40.6 Å². The quantitative estimate of drug-likeness (QED) is 0.705. The Bertz CT molecular complexity index is 493. The minimum Gasteiger partial charge on any atom is -0.502 e. The molecule has 0 radical (unpaired) electrons. The van der Waals surface area contributed by atoms with Crippen LogP contribution in [0.2, 0.25) is 5.02 Å². The van der Waals surface area contributed by atoms with Crippen LogP contribution in [0.1, 0.15) is 5.56 Å². The van der Waals surface area contributed by atoms with Crippen LogP contribution >= 0.6 is 11.6 Å². The van der Waals surface area contributed by atoms with Gasteiger partial charge >= 0.3 is 0 Å². The van der Waals surface area contributed by atoms with Crippen LogP contribution in [0.15, 0.2) is 30.0 Å². The zero-order valence-corrected chi connectivity index (χ0v) is 8.21. The third-order valence-electron chi connectivity index (χ3n) is 2.02. The number of carbonyl (C=O) groups is 2. The molecule has 0 aromatic heterocycles. The van der Waals surface area contributed by atoms with Crippen LogP contribution in [0.3, 0.4) is 0 Å². The first kappa shape index (κ1) is 9.73. The summed E-state index contributed by atoms with van der Waals surface area (Å²) in [5, 5.41) is 11.8. The molecule has 0 saturated carbocycles. The summed E-state index contributed by atoms with van der Waals surface area (Å²) in [5.74, 6) is -1.96. The van der Waals surface area contributed by atoms with E-state index < -0.39 is 17.6 Å². The number of hydrogen-bond donors (Lipinski definition) is 2. The maximum Gasteiger partial charge on any atom is 0.293 e. The highest BCUT2D eigenvalue weighted by Crippen LogP contribution is 2.24. The molecule has 0 saturated heterocycles. The highest BCUT2D eigenvalue weighted by molar-refractivity contribution is 6.36. The number of aliphatic hydroxyl groups excluding tert-OH is 1. The van der Waals surface area contributed by atoms with Gasteiger partial charge < -0.3 is 5.11 Å². The molecule has 2 rings (SSSR count). The van der Waals surface area contributed by atoms with Gasteiger partial charge in [0.05, 0.1) is 5.57 Å². The second kappa shape index (κ2) is 3.40. The second-order valence-corrected chi connectivity index (χ2v) is 3.45. The lowest BCUT2D eigenvalue weighted by atomic mass is 10.1. The van der Waals surface area contributed by atoms with Crippen molar-refractivity contribution in [2.45, 2.75) is 0 Å². The van der Waals surface area contributed by atoms with Gasteiger partial charge in [-0.2, -0.15) is 0 Å². The highest BCUT2D eigenvalue weighted by atomic mass is 35.5. The Kier molecular flexibility index (Phi) is 2.21. The van der Waals surface area contributed by atoms with Crippen LogP contribution < -0.4 is 5.32 Å². The van der Waals surface area contributed by atoms with Gasteiger partial charge in [-0.3, -0.25) is 14.9 Å². The Morgan fingerprint density at radius 2 is 1.93 bits per heavy atom. The number of carbonyl (C=O) groups excluding carboxylic acids is 2. The molecule has 2 amide bonds. The number of hydrogen-bond acceptors (Lipinski definition) is 3. The van der Waals surface area contributed by atoms with Gasteiger partial charge in [0.15, 0.2) is 5.76 Å². The fourth-order valence-electron chi connectivity index (χ4n) is 1.36. The van der Waals surface area contributed by atoms with Gasteiger partial charge in [-0.25, -0.2) is 0 Å². The lowest BCUT2D eigenvalue weighted by Gasteiger charge is -2.00. The van der Waals surface area contributed by atoms with Gasteiger partial charge in [0.25, 0.3) is 11.8 Å². The number of amides is 2. The Balaban J connectivity index is 2.56. The predicted molar refractivity (Wildman–Crippen MR) is 54.2 cm³/mol. The topological polar surface area (TPSA) is 66.4 Å². The first-order valence-electron chi connectivity index (χ1n) is 4.14. The standard InChI is InChI=1S/C10H6ClNO3/c11-6-3-1-2-5(4-6)7-8(13)10(15)12-9(7)14/h1-4H,(H2,12,13,14,15). The van der Waals surface area contributed by atoms with Crippen LogP contribution in [0.25, 0.3) is 5.57 Å². The smallest absolute Gasteiger partial charge is 0.293 e. The fraction of sp³-hybridized carbons (Fsp3) is 0. The summed E-state index contributed by atoms with van der Waals surface area (Å²) < 4.78 is 0. The monoisotopic (exact) mass is 223 g/mol. The summed E-state index contributed by atoms with van der Waals surface area (Å²) in [6, 6.07) is 6.37. The van der Waals surface area contributed by atoms with Crippen molar-refractivity contribution >= 4 is 29.0 Å². The number of imide groups is 1. The molecule has 4 nitrogen and oxygen atoms in total. The zero-order chi connectivity index (χ0) is 11.0. The number of benzene rings is 1. The largest absolute Gasteiger partial charge is 0.502 e. The van der Waals surface area contributed by atoms with Crippen LogP contribution in [0.4, 0.5) is 0 Å². The third kappa shape index (κ3) is 1.59. The first-order valence-corrected chi connectivity index (χ1v) is 4.52. The van der Waals surface area contributed by atoms with Crippen molar-refractivity contribution in [1.82, 2.24) is 5.32 Å². The summed E-state index contributed by atoms with van der Waals surface area (Å²) in [6.07, 6.45) is 0. The average Bonchev–Trinajstić information content (AvgIpc) is 2.41. The summed E-state index contributed by atoms with van der Waals surface area (Å²) in [6.45, 7) is 0. The molecule has 5 heteroatoms. The molecule has 0 aliphatic carbocycles. The number of nitrogens with one attached hydrogen (secondary N) is 1. The van der Waals surface area contributed by atoms with E-state index in [-0.39, 0.29) is 5.57 Å². The van der Waals surface area contributed by atoms with Crippen molar-refractivity contribution in [2.75, 3.05) is 0 Å². The first-order chi connectivity index (χ1) is 7.09. The normalized spacial score (nSPS) is 15.8. The number of halogens is 1. The molecule has 76 valence electrons. The zero-order valence-electron chi connectivity index (χ0n) is 7.45. The molecular weight excluding hydrogens is 218 g/mol. The molecule has 0 fully saturated rings. The van der Waals surface area contributed by atoms with Gasteiger partial charge in [-0.15, -0.1) is 0 Å². The summed E-state index contributed by atoms with van der Waals surface area (Å²) in [4.78, 5) is 22.3. The second-order valence-electron chi connectivity index (χ2n) is 3.02. The molecule has 1 aromatic carbocycles. The maximum atomic E-state index is 11.3. The Hall–Kier alpha value is -1.81. The average molecular weight is 224 g/mol. The van der Waals surface area contributed by atoms with Gasteiger partial charge in [0.1, 0.15) is 0 Å². The minimum atomic E-state index is -0.782. The van der Waals surface area contributed by atoms with Crippen molar-refractivity contribution in [1.29, 1.82) is 0 Å². The Morgan fingerprint density at radius 1 is 1.20 bits per heavy atom. The number of rotatable bonds is 1. The number of aliphatic hydroxyl groups is 1. The summed E-state index contributed by atoms with van der Waals surface area (Å²) >= 11 is 5.73. The molecule has 1 aliphatic heterocycles. The molecule has 1 aromatic rings. The van der Waals surface area contributed by atoms with E-state index in [0.717, 1.165) is 0 Å². The molecule has 0 spiro atoms. The fourth-order valence-corrected chi connectivity index (χ4v) is 1.55. The van der Waals surface area contributed by atoms with E-state index in [9.17, 15) is 14.7 Å². The minimum absolute atomic E-state index is 0.0394. The summed E-state index contributed by atoms with van der Waals surface area (Å²) in [7, 11) is 0. The Labute approximate surface area is 90.2 Å². The lowest BCUT2D eigenvalue weighted by molar-refractivity contribution is -0.124. The van der Waals surface area contributed by atoms with E-state index in [1.807, 2.05) is 5.32 Å². The van der Waals surface area contributed by atoms with E-state index >= 15 is 0 Å². The molecule has 0 unspecified atom stereocenters. The molecule has 0 bridgehead atoms. The van der Waals surface area contributed by atoms with Gasteiger partial charge in [-0.05, 0) is 17.7 Å². The van der Waals surface area contributed by atoms with Crippen molar-refractivity contribution in [3.63, 3.8) is 0 Å². The van der Waals surface area contributed by atoms with E-state index in [1.165, 1.54) is 6.07 Å². The van der Waals surface area contributed by atoms with Gasteiger partial charge in [0, 0.05) is 5.02 Å². The SMILES string of the molecule is O=C1NC(=O)C(c2cccc(Cl)c2)=C1O.